The van der Waals surface area contributed by atoms with Crippen LogP contribution in [0.1, 0.15) is 5.56 Å². The molecule has 98 valence electrons. The number of nitrogens with one attached hydrogen (secondary N) is 1. The quantitative estimate of drug-likeness (QED) is 0.679. The summed E-state index contributed by atoms with van der Waals surface area (Å²) in [5, 5.41) is 9.24. The van der Waals surface area contributed by atoms with E-state index in [-0.39, 0.29) is 5.02 Å². The number of fused-ring (bicyclic) bond motifs is 1. The fourth-order valence-electron chi connectivity index (χ4n) is 2.07. The standard InChI is InChI=1S/C14H7ClFN3S/c15-10-6-9(16)2-4-12(10)19-13-5-8(7-17)1-3-11(13)18-14(19)20/h1-6H,(H,18,20). The predicted octanol–water partition coefficient (Wildman–Crippen LogP) is 4.35. The highest BCUT2D eigenvalue weighted by atomic mass is 35.5. The number of hydrogen-bond donors (Lipinski definition) is 1. The van der Waals surface area contributed by atoms with Gasteiger partial charge in [0.05, 0.1) is 33.4 Å². The Balaban J connectivity index is 2.38. The van der Waals surface area contributed by atoms with Gasteiger partial charge in [0.2, 0.25) is 0 Å². The topological polar surface area (TPSA) is 44.5 Å². The lowest BCUT2D eigenvalue weighted by Crippen LogP contribution is -1.96. The van der Waals surface area contributed by atoms with Gasteiger partial charge in [-0.25, -0.2) is 4.39 Å². The number of aromatic nitrogens is 2. The molecule has 2 aromatic carbocycles. The Morgan fingerprint density at radius 2 is 2.05 bits per heavy atom. The Kier molecular flexibility index (Phi) is 3.05. The number of rotatable bonds is 1. The van der Waals surface area contributed by atoms with Crippen LogP contribution in [0.25, 0.3) is 16.7 Å². The first-order valence-corrected chi connectivity index (χ1v) is 6.49. The van der Waals surface area contributed by atoms with E-state index in [2.05, 4.69) is 11.1 Å². The van der Waals surface area contributed by atoms with Crippen LogP contribution < -0.4 is 0 Å². The van der Waals surface area contributed by atoms with E-state index >= 15 is 0 Å². The van der Waals surface area contributed by atoms with E-state index in [0.29, 0.717) is 16.0 Å². The normalized spacial score (nSPS) is 10.7. The first-order chi connectivity index (χ1) is 9.60. The molecule has 20 heavy (non-hydrogen) atoms. The summed E-state index contributed by atoms with van der Waals surface area (Å²) in [6, 6.07) is 11.4. The Bertz CT molecular complexity index is 920. The van der Waals surface area contributed by atoms with Crippen molar-refractivity contribution in [3.05, 3.63) is 57.6 Å². The second kappa shape index (κ2) is 4.75. The third-order valence-corrected chi connectivity index (χ3v) is 3.55. The van der Waals surface area contributed by atoms with E-state index in [9.17, 15) is 4.39 Å². The lowest BCUT2D eigenvalue weighted by atomic mass is 10.2. The minimum Gasteiger partial charge on any atom is -0.330 e. The summed E-state index contributed by atoms with van der Waals surface area (Å²) in [6.45, 7) is 0. The molecular weight excluding hydrogens is 297 g/mol. The van der Waals surface area contributed by atoms with Crippen molar-refractivity contribution in [2.45, 2.75) is 0 Å². The van der Waals surface area contributed by atoms with E-state index in [1.807, 2.05) is 0 Å². The number of hydrogen-bond acceptors (Lipinski definition) is 2. The molecular formula is C14H7ClFN3S. The third-order valence-electron chi connectivity index (χ3n) is 2.96. The van der Waals surface area contributed by atoms with Crippen molar-refractivity contribution >= 4 is 34.9 Å². The molecule has 0 unspecified atom stereocenters. The molecule has 0 fully saturated rings. The van der Waals surface area contributed by atoms with Gasteiger partial charge in [0.25, 0.3) is 0 Å². The van der Waals surface area contributed by atoms with Crippen molar-refractivity contribution in [1.82, 2.24) is 9.55 Å². The summed E-state index contributed by atoms with van der Waals surface area (Å²) in [5.41, 5.74) is 2.59. The minimum atomic E-state index is -0.414. The van der Waals surface area contributed by atoms with E-state index in [4.69, 9.17) is 29.1 Å². The molecule has 3 aromatic rings. The van der Waals surface area contributed by atoms with Gasteiger partial charge in [-0.05, 0) is 48.6 Å². The maximum Gasteiger partial charge on any atom is 0.182 e. The molecule has 0 aliphatic carbocycles. The average Bonchev–Trinajstić information content (AvgIpc) is 2.74. The van der Waals surface area contributed by atoms with Crippen LogP contribution in [0.5, 0.6) is 0 Å². The fourth-order valence-corrected chi connectivity index (χ4v) is 2.63. The van der Waals surface area contributed by atoms with Gasteiger partial charge in [0.1, 0.15) is 5.82 Å². The molecule has 0 aliphatic heterocycles. The predicted molar refractivity (Wildman–Crippen MR) is 78.1 cm³/mol. The van der Waals surface area contributed by atoms with Gasteiger partial charge in [-0.1, -0.05) is 11.6 Å². The van der Waals surface area contributed by atoms with Crippen molar-refractivity contribution in [3.8, 4) is 11.8 Å². The number of H-pyrrole nitrogens is 1. The zero-order valence-corrected chi connectivity index (χ0v) is 11.6. The average molecular weight is 304 g/mol. The lowest BCUT2D eigenvalue weighted by molar-refractivity contribution is 0.627. The molecule has 1 N–H and O–H groups in total. The number of nitriles is 1. The van der Waals surface area contributed by atoms with Gasteiger partial charge >= 0.3 is 0 Å². The van der Waals surface area contributed by atoms with Crippen molar-refractivity contribution in [1.29, 1.82) is 5.26 Å². The Hall–Kier alpha value is -2.16. The smallest absolute Gasteiger partial charge is 0.182 e. The van der Waals surface area contributed by atoms with Crippen LogP contribution in [0.2, 0.25) is 5.02 Å². The number of benzene rings is 2. The second-order valence-corrected chi connectivity index (χ2v) is 5.00. The molecule has 3 nitrogen and oxygen atoms in total. The van der Waals surface area contributed by atoms with Crippen molar-refractivity contribution in [2.75, 3.05) is 0 Å². The van der Waals surface area contributed by atoms with Crippen molar-refractivity contribution in [2.24, 2.45) is 0 Å². The van der Waals surface area contributed by atoms with Gasteiger partial charge in [-0.15, -0.1) is 0 Å². The molecule has 1 heterocycles. The molecule has 6 heteroatoms. The SMILES string of the molecule is N#Cc1ccc2[nH]c(=S)n(-c3ccc(F)cc3Cl)c2c1. The summed E-state index contributed by atoms with van der Waals surface area (Å²) in [6.07, 6.45) is 0. The van der Waals surface area contributed by atoms with Crippen LogP contribution in [-0.4, -0.2) is 9.55 Å². The largest absolute Gasteiger partial charge is 0.330 e. The number of aromatic amines is 1. The van der Waals surface area contributed by atoms with Crippen molar-refractivity contribution in [3.63, 3.8) is 0 Å². The van der Waals surface area contributed by atoms with Gasteiger partial charge in [-0.2, -0.15) is 5.26 Å². The van der Waals surface area contributed by atoms with Crippen LogP contribution in [-0.2, 0) is 0 Å². The van der Waals surface area contributed by atoms with Crippen LogP contribution >= 0.6 is 23.8 Å². The van der Waals surface area contributed by atoms with Gasteiger partial charge < -0.3 is 4.98 Å². The molecule has 0 amide bonds. The molecule has 0 saturated carbocycles. The monoisotopic (exact) mass is 303 g/mol. The molecule has 3 rings (SSSR count). The number of imidazole rings is 1. The van der Waals surface area contributed by atoms with Crippen LogP contribution in [0, 0.1) is 21.9 Å². The fraction of sp³-hybridized carbons (Fsp3) is 0. The first kappa shape index (κ1) is 12.9. The lowest BCUT2D eigenvalue weighted by Gasteiger charge is -2.07. The second-order valence-electron chi connectivity index (χ2n) is 4.21. The molecule has 0 aliphatic rings. The van der Waals surface area contributed by atoms with Crippen molar-refractivity contribution < 1.29 is 4.39 Å². The Morgan fingerprint density at radius 3 is 2.75 bits per heavy atom. The molecule has 0 radical (unpaired) electrons. The minimum absolute atomic E-state index is 0.254. The summed E-state index contributed by atoms with van der Waals surface area (Å²) in [5.74, 6) is -0.414. The van der Waals surface area contributed by atoms with E-state index in [1.54, 1.807) is 28.8 Å². The zero-order valence-electron chi connectivity index (χ0n) is 10.0. The summed E-state index contributed by atoms with van der Waals surface area (Å²) >= 11 is 11.4. The highest BCUT2D eigenvalue weighted by molar-refractivity contribution is 7.71. The summed E-state index contributed by atoms with van der Waals surface area (Å²) in [7, 11) is 0. The van der Waals surface area contributed by atoms with Gasteiger partial charge in [0.15, 0.2) is 4.77 Å². The molecule has 0 spiro atoms. The Labute approximate surface area is 123 Å². The zero-order chi connectivity index (χ0) is 14.3. The van der Waals surface area contributed by atoms with Gasteiger partial charge in [-0.3, -0.25) is 4.57 Å². The summed E-state index contributed by atoms with van der Waals surface area (Å²) in [4.78, 5) is 3.03. The van der Waals surface area contributed by atoms with Crippen LogP contribution in [0.4, 0.5) is 4.39 Å². The first-order valence-electron chi connectivity index (χ1n) is 5.70. The van der Waals surface area contributed by atoms with E-state index in [1.165, 1.54) is 12.1 Å². The molecule has 1 aromatic heterocycles. The molecule has 0 atom stereocenters. The molecule has 0 saturated heterocycles. The van der Waals surface area contributed by atoms with Gasteiger partial charge in [0, 0.05) is 0 Å². The summed E-state index contributed by atoms with van der Waals surface area (Å²) < 4.78 is 15.3. The third kappa shape index (κ3) is 1.99. The van der Waals surface area contributed by atoms with E-state index < -0.39 is 5.82 Å². The molecule has 0 bridgehead atoms. The van der Waals surface area contributed by atoms with Crippen LogP contribution in [0.3, 0.4) is 0 Å². The van der Waals surface area contributed by atoms with Crippen LogP contribution in [0.15, 0.2) is 36.4 Å². The maximum atomic E-state index is 13.2. The highest BCUT2D eigenvalue weighted by Gasteiger charge is 2.11. The maximum absolute atomic E-state index is 13.2. The Morgan fingerprint density at radius 1 is 1.25 bits per heavy atom. The number of halogens is 2. The van der Waals surface area contributed by atoms with E-state index in [0.717, 1.165) is 11.0 Å². The highest BCUT2D eigenvalue weighted by Crippen LogP contribution is 2.26. The number of nitrogens with zero attached hydrogens (tertiary/aromatic N) is 2.